The molecule has 462 valence electrons. The zero-order valence-electron chi connectivity index (χ0n) is 52.9. The van der Waals surface area contributed by atoms with Gasteiger partial charge in [-0.25, -0.2) is 0 Å². The molecule has 1 atom stereocenters. The van der Waals surface area contributed by atoms with Gasteiger partial charge in [-0.3, -0.25) is 14.4 Å². The highest BCUT2D eigenvalue weighted by Crippen LogP contribution is 2.15. The molecule has 83 heavy (non-hydrogen) atoms. The molecule has 0 aliphatic rings. The average molecular weight is 1140 g/mol. The quantitative estimate of drug-likeness (QED) is 0.0261. The molecule has 0 rings (SSSR count). The van der Waals surface area contributed by atoms with Crippen LogP contribution in [0.15, 0.2) is 194 Å². The van der Waals surface area contributed by atoms with Crippen molar-refractivity contribution in [1.82, 2.24) is 0 Å². The summed E-state index contributed by atoms with van der Waals surface area (Å²) >= 11 is 0. The minimum Gasteiger partial charge on any atom is -0.462 e. The summed E-state index contributed by atoms with van der Waals surface area (Å²) in [6, 6.07) is 0. The molecule has 0 amide bonds. The Morgan fingerprint density at radius 2 is 0.470 bits per heavy atom. The number of ether oxygens (including phenoxy) is 3. The summed E-state index contributed by atoms with van der Waals surface area (Å²) in [7, 11) is 0. The van der Waals surface area contributed by atoms with Crippen molar-refractivity contribution >= 4 is 17.9 Å². The summed E-state index contributed by atoms with van der Waals surface area (Å²) in [4.78, 5) is 38.2. The summed E-state index contributed by atoms with van der Waals surface area (Å²) < 4.78 is 16.8. The van der Waals surface area contributed by atoms with Gasteiger partial charge in [0, 0.05) is 19.3 Å². The largest absolute Gasteiger partial charge is 0.462 e. The predicted octanol–water partition coefficient (Wildman–Crippen LogP) is 23.0. The number of hydrogen-bond donors (Lipinski definition) is 0. The Morgan fingerprint density at radius 3 is 0.783 bits per heavy atom. The van der Waals surface area contributed by atoms with E-state index in [1.807, 2.05) is 12.2 Å². The molecule has 0 radical (unpaired) electrons. The van der Waals surface area contributed by atoms with E-state index in [0.717, 1.165) is 128 Å². The number of carbonyl (C=O) groups excluding carboxylic acids is 3. The van der Waals surface area contributed by atoms with E-state index < -0.39 is 12.1 Å². The third-order valence-corrected chi connectivity index (χ3v) is 13.1. The van der Waals surface area contributed by atoms with Gasteiger partial charge in [0.2, 0.25) is 0 Å². The minimum atomic E-state index is -0.848. The summed E-state index contributed by atoms with van der Waals surface area (Å²) in [5.74, 6) is -1.09. The lowest BCUT2D eigenvalue weighted by atomic mass is 10.0. The fraction of sp³-hybridized carbons (Fsp3) is 0.545. The third-order valence-electron chi connectivity index (χ3n) is 13.1. The lowest BCUT2D eigenvalue weighted by molar-refractivity contribution is -0.166. The molecule has 0 bridgehead atoms. The van der Waals surface area contributed by atoms with E-state index in [1.54, 1.807) is 0 Å². The SMILES string of the molecule is CC/C=C\C/C=C\C/C=C\C/C=C\C/C=C\C/C=C\C/C=C\CCCCCCCCCCCCCCCC(=O)OCC(COC(=O)CC/C=C\C/C=C\C/C=C\C/C=C\CC)OC(=O)CCC/C=C\C/C=C\C/C=C\C/C=C\C/C=C\CC. The lowest BCUT2D eigenvalue weighted by Crippen LogP contribution is -2.30. The Bertz CT molecular complexity index is 1990. The van der Waals surface area contributed by atoms with Crippen molar-refractivity contribution < 1.29 is 28.6 Å². The van der Waals surface area contributed by atoms with Crippen LogP contribution in [0.1, 0.15) is 252 Å². The van der Waals surface area contributed by atoms with Crippen molar-refractivity contribution in [2.45, 2.75) is 258 Å². The van der Waals surface area contributed by atoms with Gasteiger partial charge in [0.15, 0.2) is 6.10 Å². The van der Waals surface area contributed by atoms with Crippen LogP contribution >= 0.6 is 0 Å². The number of rotatable bonds is 57. The van der Waals surface area contributed by atoms with Crippen molar-refractivity contribution in [3.8, 4) is 0 Å². The fourth-order valence-electron chi connectivity index (χ4n) is 8.30. The maximum absolute atomic E-state index is 12.9. The van der Waals surface area contributed by atoms with Crippen molar-refractivity contribution in [1.29, 1.82) is 0 Å². The fourth-order valence-corrected chi connectivity index (χ4v) is 8.30. The number of carbonyl (C=O) groups is 3. The lowest BCUT2D eigenvalue weighted by Gasteiger charge is -2.18. The second-order valence-corrected chi connectivity index (χ2v) is 20.9. The molecule has 0 heterocycles. The van der Waals surface area contributed by atoms with Gasteiger partial charge < -0.3 is 14.2 Å². The van der Waals surface area contributed by atoms with Crippen LogP contribution in [0.2, 0.25) is 0 Å². The topological polar surface area (TPSA) is 78.9 Å². The Labute approximate surface area is 509 Å². The third kappa shape index (κ3) is 66.9. The molecule has 0 fully saturated rings. The van der Waals surface area contributed by atoms with Crippen LogP contribution in [-0.2, 0) is 28.6 Å². The van der Waals surface area contributed by atoms with Crippen LogP contribution in [0.5, 0.6) is 0 Å². The zero-order chi connectivity index (χ0) is 59.9. The maximum atomic E-state index is 12.9. The maximum Gasteiger partial charge on any atom is 0.306 e. The van der Waals surface area contributed by atoms with Gasteiger partial charge in [-0.15, -0.1) is 0 Å². The van der Waals surface area contributed by atoms with Crippen molar-refractivity contribution in [3.63, 3.8) is 0 Å². The summed E-state index contributed by atoms with van der Waals surface area (Å²) in [6.07, 6.45) is 105. The molecule has 1 unspecified atom stereocenters. The number of hydrogen-bond acceptors (Lipinski definition) is 6. The van der Waals surface area contributed by atoms with Crippen LogP contribution in [0.25, 0.3) is 0 Å². The number of esters is 3. The van der Waals surface area contributed by atoms with E-state index in [9.17, 15) is 14.4 Å². The molecule has 6 heteroatoms. The molecule has 0 aliphatic carbocycles. The van der Waals surface area contributed by atoms with Crippen LogP contribution in [0, 0.1) is 0 Å². The van der Waals surface area contributed by atoms with E-state index in [0.29, 0.717) is 19.3 Å². The summed E-state index contributed by atoms with van der Waals surface area (Å²) in [6.45, 7) is 6.17. The van der Waals surface area contributed by atoms with Crippen LogP contribution in [0.4, 0.5) is 0 Å². The standard InChI is InChI=1S/C77H118O6/c1-4-7-10-13-16-19-22-25-27-29-30-31-32-33-34-35-36-37-38-39-40-41-42-43-44-45-46-48-49-52-55-58-61-64-67-70-76(79)82-73-74(72-81-75(78)69-66-63-60-57-54-51-24-21-18-15-12-9-6-3)83-77(80)71-68-65-62-59-56-53-50-47-28-26-23-20-17-14-11-8-5-2/h7-12,16-21,25-28,30-31,33-34,36-37,39-40,50-51,53-54,59-60,62-63,74H,4-6,13-15,22-24,29,32,35,38,41-49,52,55-58,61,64-73H2,1-3H3/b10-7-,11-8-,12-9-,19-16-,20-17-,21-18-,27-25-,28-26-,31-30-,34-33-,37-36-,40-39-,53-50-,54-51-,62-59-,63-60-. The molecule has 0 aliphatic heterocycles. The van der Waals surface area contributed by atoms with Gasteiger partial charge in [0.25, 0.3) is 0 Å². The molecule has 6 nitrogen and oxygen atoms in total. The Kier molecular flexibility index (Phi) is 64.0. The first-order valence-electron chi connectivity index (χ1n) is 32.9. The predicted molar refractivity (Wildman–Crippen MR) is 361 cm³/mol. The van der Waals surface area contributed by atoms with Gasteiger partial charge in [0.1, 0.15) is 13.2 Å². The Morgan fingerprint density at radius 1 is 0.241 bits per heavy atom. The highest BCUT2D eigenvalue weighted by molar-refractivity contribution is 5.71. The Hall–Kier alpha value is -5.75. The van der Waals surface area contributed by atoms with E-state index in [-0.39, 0.29) is 38.0 Å². The van der Waals surface area contributed by atoms with Gasteiger partial charge in [-0.05, 0) is 141 Å². The van der Waals surface area contributed by atoms with E-state index >= 15 is 0 Å². The highest BCUT2D eigenvalue weighted by Gasteiger charge is 2.19. The zero-order valence-corrected chi connectivity index (χ0v) is 52.9. The first kappa shape index (κ1) is 77.2. The number of allylic oxidation sites excluding steroid dienone is 32. The number of unbranched alkanes of at least 4 members (excludes halogenated alkanes) is 14. The van der Waals surface area contributed by atoms with E-state index in [1.165, 1.54) is 70.6 Å². The van der Waals surface area contributed by atoms with Gasteiger partial charge in [-0.2, -0.15) is 0 Å². The smallest absolute Gasteiger partial charge is 0.306 e. The Balaban J connectivity index is 4.32. The molecule has 0 aromatic heterocycles. The molecule has 0 aromatic carbocycles. The van der Waals surface area contributed by atoms with E-state index in [4.69, 9.17) is 14.2 Å². The van der Waals surface area contributed by atoms with Gasteiger partial charge >= 0.3 is 17.9 Å². The normalized spacial score (nSPS) is 13.4. The highest BCUT2D eigenvalue weighted by atomic mass is 16.6. The minimum absolute atomic E-state index is 0.132. The van der Waals surface area contributed by atoms with Gasteiger partial charge in [-0.1, -0.05) is 286 Å². The molecular weight excluding hydrogens is 1020 g/mol. The summed E-state index contributed by atoms with van der Waals surface area (Å²) in [5, 5.41) is 0. The van der Waals surface area contributed by atoms with Crippen molar-refractivity contribution in [2.24, 2.45) is 0 Å². The van der Waals surface area contributed by atoms with Crippen LogP contribution < -0.4 is 0 Å². The molecule has 0 aromatic rings. The molecule has 0 N–H and O–H groups in total. The van der Waals surface area contributed by atoms with Crippen molar-refractivity contribution in [3.05, 3.63) is 194 Å². The van der Waals surface area contributed by atoms with E-state index in [2.05, 4.69) is 203 Å². The summed E-state index contributed by atoms with van der Waals surface area (Å²) in [5.41, 5.74) is 0. The van der Waals surface area contributed by atoms with Crippen LogP contribution in [-0.4, -0.2) is 37.2 Å². The van der Waals surface area contributed by atoms with Gasteiger partial charge in [0.05, 0.1) is 0 Å². The molecule has 0 spiro atoms. The monoisotopic (exact) mass is 1140 g/mol. The first-order valence-corrected chi connectivity index (χ1v) is 32.9. The second-order valence-electron chi connectivity index (χ2n) is 20.9. The average Bonchev–Trinajstić information content (AvgIpc) is 3.49. The van der Waals surface area contributed by atoms with Crippen LogP contribution in [0.3, 0.4) is 0 Å². The van der Waals surface area contributed by atoms with Crippen molar-refractivity contribution in [2.75, 3.05) is 13.2 Å². The molecule has 0 saturated heterocycles. The molecule has 0 saturated carbocycles. The first-order chi connectivity index (χ1) is 41.0. The molecular formula is C77H118O6. The second kappa shape index (κ2) is 68.7.